The number of amides is 3. The van der Waals surface area contributed by atoms with Crippen molar-refractivity contribution in [2.45, 2.75) is 36.4 Å². The van der Waals surface area contributed by atoms with E-state index in [0.29, 0.717) is 28.0 Å². The second-order valence-corrected chi connectivity index (χ2v) is 11.7. The summed E-state index contributed by atoms with van der Waals surface area (Å²) in [6, 6.07) is 12.7. The van der Waals surface area contributed by atoms with Crippen LogP contribution in [-0.4, -0.2) is 67.9 Å². The van der Waals surface area contributed by atoms with Crippen LogP contribution in [0.1, 0.15) is 40.6 Å². The van der Waals surface area contributed by atoms with Crippen LogP contribution in [0.5, 0.6) is 11.5 Å². The van der Waals surface area contributed by atoms with Crippen molar-refractivity contribution in [3.8, 4) is 11.5 Å². The number of sulfonamides is 1. The minimum absolute atomic E-state index is 0.0143. The van der Waals surface area contributed by atoms with E-state index in [9.17, 15) is 22.8 Å². The number of nitrogens with one attached hydrogen (secondary N) is 1. The molecule has 41 heavy (non-hydrogen) atoms. The normalized spacial score (nSPS) is 19.2. The molecule has 3 aliphatic heterocycles. The van der Waals surface area contributed by atoms with E-state index < -0.39 is 40.3 Å². The number of hydrogen-bond acceptors (Lipinski definition) is 9. The van der Waals surface area contributed by atoms with Gasteiger partial charge in [-0.2, -0.15) is 0 Å². The minimum atomic E-state index is -4.27. The van der Waals surface area contributed by atoms with Crippen LogP contribution in [0.15, 0.2) is 70.2 Å². The quantitative estimate of drug-likeness (QED) is 0.402. The molecular weight excluding hydrogens is 554 g/mol. The van der Waals surface area contributed by atoms with Crippen LogP contribution in [0.25, 0.3) is 0 Å². The van der Waals surface area contributed by atoms with Crippen LogP contribution < -0.4 is 14.8 Å². The number of benzene rings is 2. The molecule has 2 aromatic carbocycles. The number of nitrogens with zero attached hydrogens (tertiary/aromatic N) is 2. The van der Waals surface area contributed by atoms with Crippen molar-refractivity contribution >= 4 is 27.7 Å². The highest BCUT2D eigenvalue weighted by Crippen LogP contribution is 2.35. The van der Waals surface area contributed by atoms with Crippen LogP contribution in [0.2, 0.25) is 0 Å². The van der Waals surface area contributed by atoms with Crippen LogP contribution in [0.3, 0.4) is 0 Å². The molecule has 1 N–H and O–H groups in total. The first-order valence-corrected chi connectivity index (χ1v) is 14.5. The smallest absolute Gasteiger partial charge is 0.269 e. The molecule has 0 radical (unpaired) electrons. The van der Waals surface area contributed by atoms with Gasteiger partial charge in [0.25, 0.3) is 21.8 Å². The van der Waals surface area contributed by atoms with Crippen LogP contribution in [-0.2, 0) is 30.9 Å². The van der Waals surface area contributed by atoms with Crippen LogP contribution in [0.4, 0.5) is 0 Å². The Morgan fingerprint density at radius 2 is 1.90 bits per heavy atom. The predicted molar refractivity (Wildman–Crippen MR) is 141 cm³/mol. The van der Waals surface area contributed by atoms with Crippen molar-refractivity contribution < 1.29 is 41.4 Å². The Morgan fingerprint density at radius 1 is 1.07 bits per heavy atom. The minimum Gasteiger partial charge on any atom is -0.467 e. The molecule has 6 rings (SSSR count). The van der Waals surface area contributed by atoms with Crippen molar-refractivity contribution in [2.24, 2.45) is 0 Å². The highest BCUT2D eigenvalue weighted by molar-refractivity contribution is 7.90. The first-order valence-electron chi connectivity index (χ1n) is 13.1. The maximum atomic E-state index is 14.0. The third-order valence-corrected chi connectivity index (χ3v) is 8.99. The fourth-order valence-corrected chi connectivity index (χ4v) is 6.67. The molecule has 1 aromatic heterocycles. The van der Waals surface area contributed by atoms with E-state index in [0.717, 1.165) is 12.8 Å². The molecule has 4 heterocycles. The molecule has 0 unspecified atom stereocenters. The number of carbonyl (C=O) groups is 3. The summed E-state index contributed by atoms with van der Waals surface area (Å²) in [6.45, 7) is -0.0363. The zero-order valence-corrected chi connectivity index (χ0v) is 22.7. The zero-order chi connectivity index (χ0) is 28.6. The van der Waals surface area contributed by atoms with E-state index in [2.05, 4.69) is 5.32 Å². The standard InChI is InChI=1S/C28H27N3O9S/c32-25(16-31-28(34)20-6-1-2-8-24(20)41(31,35)36)30(15-18-9-10-21-23(13-18)40-17-39-21)26(22-7-4-12-38-22)27(33)29-14-19-5-3-11-37-19/h1-2,4,6-10,12-13,19,26H,3,5,11,14-17H2,(H,29,33)/t19-,26+/m0/s1. The Labute approximate surface area is 235 Å². The average Bonchev–Trinajstić information content (AvgIpc) is 3.78. The molecule has 2 atom stereocenters. The van der Waals surface area contributed by atoms with Gasteiger partial charge in [-0.25, -0.2) is 12.7 Å². The van der Waals surface area contributed by atoms with Crippen molar-refractivity contribution in [1.82, 2.24) is 14.5 Å². The number of furan rings is 1. The van der Waals surface area contributed by atoms with Gasteiger partial charge in [0.05, 0.1) is 17.9 Å². The summed E-state index contributed by atoms with van der Waals surface area (Å²) in [5.74, 6) is -0.947. The van der Waals surface area contributed by atoms with Crippen molar-refractivity contribution in [3.63, 3.8) is 0 Å². The summed E-state index contributed by atoms with van der Waals surface area (Å²) in [4.78, 5) is 41.8. The highest BCUT2D eigenvalue weighted by atomic mass is 32.2. The van der Waals surface area contributed by atoms with Gasteiger partial charge in [-0.3, -0.25) is 14.4 Å². The summed E-state index contributed by atoms with van der Waals surface area (Å²) in [6.07, 6.45) is 2.91. The Morgan fingerprint density at radius 3 is 2.66 bits per heavy atom. The number of rotatable bonds is 9. The number of fused-ring (bicyclic) bond motifs is 2. The lowest BCUT2D eigenvalue weighted by Crippen LogP contribution is -2.48. The van der Waals surface area contributed by atoms with Gasteiger partial charge in [0, 0.05) is 19.7 Å². The van der Waals surface area contributed by atoms with E-state index in [4.69, 9.17) is 18.6 Å². The van der Waals surface area contributed by atoms with Gasteiger partial charge in [0.1, 0.15) is 17.2 Å². The lowest BCUT2D eigenvalue weighted by molar-refractivity contribution is -0.142. The highest BCUT2D eigenvalue weighted by Gasteiger charge is 2.44. The third-order valence-electron chi connectivity index (χ3n) is 7.20. The van der Waals surface area contributed by atoms with E-state index in [-0.39, 0.29) is 42.2 Å². The van der Waals surface area contributed by atoms with E-state index in [1.165, 1.54) is 29.4 Å². The zero-order valence-electron chi connectivity index (χ0n) is 21.9. The van der Waals surface area contributed by atoms with E-state index >= 15 is 0 Å². The van der Waals surface area contributed by atoms with E-state index in [1.807, 2.05) is 0 Å². The van der Waals surface area contributed by atoms with Gasteiger partial charge in [-0.05, 0) is 54.8 Å². The fraction of sp³-hybridized carbons (Fsp3) is 0.321. The van der Waals surface area contributed by atoms with Crippen LogP contribution in [0, 0.1) is 0 Å². The van der Waals surface area contributed by atoms with Crippen molar-refractivity contribution in [3.05, 3.63) is 77.7 Å². The number of carbonyl (C=O) groups excluding carboxylic acids is 3. The molecule has 12 nitrogen and oxygen atoms in total. The third kappa shape index (κ3) is 5.13. The monoisotopic (exact) mass is 581 g/mol. The molecule has 0 saturated carbocycles. The Balaban J connectivity index is 1.33. The Kier molecular flexibility index (Phi) is 7.14. The van der Waals surface area contributed by atoms with Gasteiger partial charge in [-0.1, -0.05) is 18.2 Å². The molecule has 13 heteroatoms. The SMILES string of the molecule is O=C(NC[C@@H]1CCCO1)[C@@H](c1ccco1)N(Cc1ccc2c(c1)OCO2)C(=O)CN1C(=O)c2ccccc2S1(=O)=O. The summed E-state index contributed by atoms with van der Waals surface area (Å²) < 4.78 is 49.0. The summed E-state index contributed by atoms with van der Waals surface area (Å²) in [5, 5.41) is 2.85. The Bertz CT molecular complexity index is 1580. The molecular formula is C28H27N3O9S. The molecule has 0 aliphatic carbocycles. The topological polar surface area (TPSA) is 145 Å². The molecule has 3 aromatic rings. The van der Waals surface area contributed by atoms with Gasteiger partial charge >= 0.3 is 0 Å². The molecule has 214 valence electrons. The molecule has 3 amide bonds. The average molecular weight is 582 g/mol. The second kappa shape index (κ2) is 10.9. The van der Waals surface area contributed by atoms with E-state index in [1.54, 1.807) is 36.4 Å². The maximum absolute atomic E-state index is 14.0. The fourth-order valence-electron chi connectivity index (χ4n) is 5.15. The molecule has 1 saturated heterocycles. The lowest BCUT2D eigenvalue weighted by Gasteiger charge is -2.31. The summed E-state index contributed by atoms with van der Waals surface area (Å²) >= 11 is 0. The number of ether oxygens (including phenoxy) is 3. The van der Waals surface area contributed by atoms with Crippen molar-refractivity contribution in [1.29, 1.82) is 0 Å². The predicted octanol–water partition coefficient (Wildman–Crippen LogP) is 2.22. The first kappa shape index (κ1) is 26.8. The summed E-state index contributed by atoms with van der Waals surface area (Å²) in [7, 11) is -4.27. The molecule has 3 aliphatic rings. The van der Waals surface area contributed by atoms with Gasteiger partial charge < -0.3 is 28.8 Å². The van der Waals surface area contributed by atoms with Gasteiger partial charge in [0.15, 0.2) is 17.5 Å². The number of hydrogen-bond donors (Lipinski definition) is 1. The maximum Gasteiger partial charge on any atom is 0.269 e. The first-order chi connectivity index (χ1) is 19.8. The molecule has 0 spiro atoms. The largest absolute Gasteiger partial charge is 0.467 e. The van der Waals surface area contributed by atoms with Gasteiger partial charge in [0.2, 0.25) is 12.7 Å². The second-order valence-electron chi connectivity index (χ2n) is 9.82. The van der Waals surface area contributed by atoms with Crippen LogP contribution >= 0.6 is 0 Å². The van der Waals surface area contributed by atoms with Crippen molar-refractivity contribution in [2.75, 3.05) is 26.5 Å². The lowest BCUT2D eigenvalue weighted by atomic mass is 10.1. The molecule has 1 fully saturated rings. The Hall–Kier alpha value is -4.36. The van der Waals surface area contributed by atoms with Gasteiger partial charge in [-0.15, -0.1) is 0 Å². The summed E-state index contributed by atoms with van der Waals surface area (Å²) in [5.41, 5.74) is 0.574. The molecule has 0 bridgehead atoms.